The Morgan fingerprint density at radius 1 is 1.30 bits per heavy atom. The van der Waals surface area contributed by atoms with Gasteiger partial charge in [0.2, 0.25) is 5.82 Å². The molecular weight excluding hydrogens is 297 g/mol. The zero-order valence-corrected chi connectivity index (χ0v) is 13.2. The fourth-order valence-corrected chi connectivity index (χ4v) is 2.79. The third kappa shape index (κ3) is 4.00. The van der Waals surface area contributed by atoms with E-state index in [2.05, 4.69) is 21.6 Å². The maximum atomic E-state index is 13.0. The van der Waals surface area contributed by atoms with E-state index >= 15 is 0 Å². The van der Waals surface area contributed by atoms with Crippen LogP contribution >= 0.6 is 0 Å². The third-order valence-corrected chi connectivity index (χ3v) is 4.12. The number of quaternary nitrogens is 1. The van der Waals surface area contributed by atoms with Crippen molar-refractivity contribution in [1.29, 1.82) is 0 Å². The Morgan fingerprint density at radius 3 is 2.83 bits per heavy atom. The number of tetrazole rings is 1. The van der Waals surface area contributed by atoms with E-state index in [1.807, 2.05) is 12.1 Å². The molecular formula is C16H21FN5O+. The van der Waals surface area contributed by atoms with Crippen LogP contribution in [0.4, 0.5) is 4.39 Å². The van der Waals surface area contributed by atoms with Crippen LogP contribution in [0.2, 0.25) is 0 Å². The monoisotopic (exact) mass is 318 g/mol. The van der Waals surface area contributed by atoms with Gasteiger partial charge in [-0.15, -0.1) is 5.10 Å². The van der Waals surface area contributed by atoms with Crippen molar-refractivity contribution in [2.75, 3.05) is 26.8 Å². The Labute approximate surface area is 134 Å². The molecule has 0 fully saturated rings. The highest BCUT2D eigenvalue weighted by Gasteiger charge is 2.19. The Balaban J connectivity index is 1.60. The Bertz CT molecular complexity index is 667. The zero-order valence-electron chi connectivity index (χ0n) is 13.2. The molecule has 7 heteroatoms. The van der Waals surface area contributed by atoms with E-state index in [4.69, 9.17) is 4.74 Å². The highest BCUT2D eigenvalue weighted by molar-refractivity contribution is 5.65. The molecule has 1 atom stereocenters. The van der Waals surface area contributed by atoms with Crippen molar-refractivity contribution in [3.05, 3.63) is 47.5 Å². The van der Waals surface area contributed by atoms with Crippen molar-refractivity contribution < 1.29 is 14.0 Å². The molecule has 1 aromatic heterocycles. The molecule has 1 aliphatic heterocycles. The van der Waals surface area contributed by atoms with Crippen LogP contribution in [0.5, 0.6) is 0 Å². The summed E-state index contributed by atoms with van der Waals surface area (Å²) in [4.78, 5) is 1.42. The molecule has 2 aromatic rings. The van der Waals surface area contributed by atoms with Crippen molar-refractivity contribution >= 4 is 5.57 Å². The van der Waals surface area contributed by atoms with E-state index in [9.17, 15) is 4.39 Å². The van der Waals surface area contributed by atoms with E-state index in [1.54, 1.807) is 11.8 Å². The van der Waals surface area contributed by atoms with Crippen LogP contribution in [0, 0.1) is 5.82 Å². The molecule has 122 valence electrons. The van der Waals surface area contributed by atoms with Crippen molar-refractivity contribution in [3.8, 4) is 0 Å². The fraction of sp³-hybridized carbons (Fsp3) is 0.438. The van der Waals surface area contributed by atoms with Gasteiger partial charge in [0.05, 0.1) is 26.2 Å². The molecule has 1 aromatic carbocycles. The van der Waals surface area contributed by atoms with Crippen LogP contribution < -0.4 is 4.90 Å². The molecule has 3 rings (SSSR count). The quantitative estimate of drug-likeness (QED) is 0.834. The minimum absolute atomic E-state index is 0.194. The van der Waals surface area contributed by atoms with Crippen LogP contribution in [0.25, 0.3) is 5.57 Å². The zero-order chi connectivity index (χ0) is 16.1. The van der Waals surface area contributed by atoms with E-state index in [0.29, 0.717) is 13.2 Å². The number of methoxy groups -OCH3 is 1. The van der Waals surface area contributed by atoms with Crippen LogP contribution in [0.3, 0.4) is 0 Å². The Hall–Kier alpha value is -2.12. The van der Waals surface area contributed by atoms with E-state index in [1.165, 1.54) is 22.6 Å². The highest BCUT2D eigenvalue weighted by atomic mass is 19.1. The van der Waals surface area contributed by atoms with Gasteiger partial charge in [-0.2, -0.15) is 0 Å². The molecule has 23 heavy (non-hydrogen) atoms. The van der Waals surface area contributed by atoms with E-state index in [-0.39, 0.29) is 5.82 Å². The summed E-state index contributed by atoms with van der Waals surface area (Å²) in [6.45, 7) is 4.00. The smallest absolute Gasteiger partial charge is 0.206 e. The molecule has 1 N–H and O–H groups in total. The lowest BCUT2D eigenvalue weighted by Gasteiger charge is -2.23. The summed E-state index contributed by atoms with van der Waals surface area (Å²) >= 11 is 0. The molecule has 0 spiro atoms. The average molecular weight is 318 g/mol. The number of nitrogens with zero attached hydrogens (tertiary/aromatic N) is 4. The molecule has 0 aliphatic carbocycles. The van der Waals surface area contributed by atoms with Crippen molar-refractivity contribution in [3.63, 3.8) is 0 Å². The molecule has 0 bridgehead atoms. The third-order valence-electron chi connectivity index (χ3n) is 4.12. The Morgan fingerprint density at radius 2 is 2.13 bits per heavy atom. The summed E-state index contributed by atoms with van der Waals surface area (Å²) < 4.78 is 19.9. The van der Waals surface area contributed by atoms with Gasteiger partial charge in [0.25, 0.3) is 0 Å². The van der Waals surface area contributed by atoms with Crippen molar-refractivity contribution in [2.45, 2.75) is 19.5 Å². The first-order valence-electron chi connectivity index (χ1n) is 7.79. The minimum Gasteiger partial charge on any atom is -0.383 e. The van der Waals surface area contributed by atoms with Gasteiger partial charge in [0.15, 0.2) is 0 Å². The first-order valence-corrected chi connectivity index (χ1v) is 7.79. The second-order valence-corrected chi connectivity index (χ2v) is 5.68. The predicted octanol–water partition coefficient (Wildman–Crippen LogP) is 0.331. The summed E-state index contributed by atoms with van der Waals surface area (Å²) in [6.07, 6.45) is 3.20. The lowest BCUT2D eigenvalue weighted by atomic mass is 9.99. The lowest BCUT2D eigenvalue weighted by Crippen LogP contribution is -3.11. The average Bonchev–Trinajstić information content (AvgIpc) is 3.01. The maximum absolute atomic E-state index is 13.0. The number of halogens is 1. The SMILES string of the molecule is COCCn1nnnc1C[NH+]1CC=C(c2ccc(F)cc2)CC1. The van der Waals surface area contributed by atoms with Gasteiger partial charge < -0.3 is 9.64 Å². The molecule has 1 unspecified atom stereocenters. The molecule has 1 aliphatic rings. The van der Waals surface area contributed by atoms with Gasteiger partial charge >= 0.3 is 0 Å². The second kappa shape index (κ2) is 7.43. The largest absolute Gasteiger partial charge is 0.383 e. The van der Waals surface area contributed by atoms with E-state index < -0.39 is 0 Å². The molecule has 6 nitrogen and oxygen atoms in total. The van der Waals surface area contributed by atoms with Crippen molar-refractivity contribution in [1.82, 2.24) is 20.2 Å². The van der Waals surface area contributed by atoms with Crippen molar-refractivity contribution in [2.24, 2.45) is 0 Å². The van der Waals surface area contributed by atoms with Gasteiger partial charge in [-0.05, 0) is 39.8 Å². The fourth-order valence-electron chi connectivity index (χ4n) is 2.79. The molecule has 0 amide bonds. The maximum Gasteiger partial charge on any atom is 0.206 e. The molecule has 2 heterocycles. The minimum atomic E-state index is -0.194. The Kier molecular flexibility index (Phi) is 5.09. The topological polar surface area (TPSA) is 57.3 Å². The number of aromatic nitrogens is 4. The van der Waals surface area contributed by atoms with Crippen LogP contribution in [0.1, 0.15) is 17.8 Å². The standard InChI is InChI=1S/C16H20FN5O/c1-23-11-10-22-16(18-19-20-22)12-21-8-6-14(7-9-21)13-2-4-15(17)5-3-13/h2-6H,7-12H2,1H3/p+1. The first-order chi connectivity index (χ1) is 11.3. The summed E-state index contributed by atoms with van der Waals surface area (Å²) in [5.41, 5.74) is 2.39. The number of ether oxygens (including phenoxy) is 1. The van der Waals surface area contributed by atoms with Gasteiger partial charge in [-0.1, -0.05) is 12.1 Å². The van der Waals surface area contributed by atoms with Gasteiger partial charge in [0.1, 0.15) is 12.4 Å². The van der Waals surface area contributed by atoms with Gasteiger partial charge in [0, 0.05) is 13.5 Å². The summed E-state index contributed by atoms with van der Waals surface area (Å²) in [5, 5.41) is 11.9. The van der Waals surface area contributed by atoms with Crippen LogP contribution in [-0.4, -0.2) is 47.0 Å². The predicted molar refractivity (Wildman–Crippen MR) is 83.1 cm³/mol. The molecule has 0 saturated carbocycles. The molecule has 0 saturated heterocycles. The summed E-state index contributed by atoms with van der Waals surface area (Å²) in [6, 6.07) is 6.72. The normalized spacial score (nSPS) is 18.0. The van der Waals surface area contributed by atoms with Crippen LogP contribution in [0.15, 0.2) is 30.3 Å². The number of rotatable bonds is 6. The van der Waals surface area contributed by atoms with E-state index in [0.717, 1.165) is 37.4 Å². The summed E-state index contributed by atoms with van der Waals surface area (Å²) in [5.74, 6) is 0.691. The second-order valence-electron chi connectivity index (χ2n) is 5.68. The highest BCUT2D eigenvalue weighted by Crippen LogP contribution is 2.18. The van der Waals surface area contributed by atoms with Gasteiger partial charge in [-0.25, -0.2) is 9.07 Å². The van der Waals surface area contributed by atoms with Gasteiger partial charge in [-0.3, -0.25) is 0 Å². The lowest BCUT2D eigenvalue weighted by molar-refractivity contribution is -0.909. The number of hydrogen-bond acceptors (Lipinski definition) is 4. The number of nitrogens with one attached hydrogen (secondary N) is 1. The molecule has 0 radical (unpaired) electrons. The first kappa shape index (κ1) is 15.8. The van der Waals surface area contributed by atoms with Crippen LogP contribution in [-0.2, 0) is 17.8 Å². The number of benzene rings is 1. The number of hydrogen-bond donors (Lipinski definition) is 1. The summed E-state index contributed by atoms with van der Waals surface area (Å²) in [7, 11) is 1.67.